The smallest absolute Gasteiger partial charge is 0.256 e. The molecule has 0 aliphatic heterocycles. The van der Waals surface area contributed by atoms with Gasteiger partial charge in [-0.1, -0.05) is 12.1 Å². The zero-order valence-corrected chi connectivity index (χ0v) is 8.39. The molecule has 13 heavy (non-hydrogen) atoms. The van der Waals surface area contributed by atoms with Gasteiger partial charge in [-0.3, -0.25) is 4.79 Å². The van der Waals surface area contributed by atoms with Crippen molar-refractivity contribution in [2.75, 3.05) is 6.61 Å². The SMILES string of the molecule is CCOc1c(C)cccc1C(=O)Cl. The number of carbonyl (C=O) groups is 1. The number of hydrogen-bond donors (Lipinski definition) is 0. The summed E-state index contributed by atoms with van der Waals surface area (Å²) < 4.78 is 5.32. The summed E-state index contributed by atoms with van der Waals surface area (Å²) in [5, 5.41) is -0.479. The minimum absolute atomic E-state index is 0.434. The Morgan fingerprint density at radius 3 is 2.77 bits per heavy atom. The van der Waals surface area contributed by atoms with Crippen LogP contribution < -0.4 is 4.74 Å². The predicted octanol–water partition coefficient (Wildman–Crippen LogP) is 2.77. The van der Waals surface area contributed by atoms with Crippen LogP contribution in [0.1, 0.15) is 22.8 Å². The van der Waals surface area contributed by atoms with Crippen LogP contribution in [0, 0.1) is 6.92 Å². The standard InChI is InChI=1S/C10H11ClO2/c1-3-13-9-7(2)5-4-6-8(9)10(11)12/h4-6H,3H2,1-2H3. The predicted molar refractivity (Wildman–Crippen MR) is 52.5 cm³/mol. The maximum Gasteiger partial charge on any atom is 0.256 e. The van der Waals surface area contributed by atoms with Gasteiger partial charge in [-0.15, -0.1) is 0 Å². The van der Waals surface area contributed by atoms with E-state index in [1.54, 1.807) is 12.1 Å². The zero-order chi connectivity index (χ0) is 9.84. The van der Waals surface area contributed by atoms with Crippen LogP contribution in [0.5, 0.6) is 5.75 Å². The van der Waals surface area contributed by atoms with E-state index in [9.17, 15) is 4.79 Å². The number of hydrogen-bond acceptors (Lipinski definition) is 2. The van der Waals surface area contributed by atoms with E-state index >= 15 is 0 Å². The quantitative estimate of drug-likeness (QED) is 0.699. The summed E-state index contributed by atoms with van der Waals surface area (Å²) in [4.78, 5) is 11.0. The van der Waals surface area contributed by atoms with Crippen LogP contribution in [0.25, 0.3) is 0 Å². The molecule has 0 saturated carbocycles. The van der Waals surface area contributed by atoms with E-state index in [0.29, 0.717) is 17.9 Å². The van der Waals surface area contributed by atoms with Gasteiger partial charge in [-0.2, -0.15) is 0 Å². The first kappa shape index (κ1) is 10.1. The lowest BCUT2D eigenvalue weighted by atomic mass is 10.1. The minimum Gasteiger partial charge on any atom is -0.493 e. The number of aryl methyl sites for hydroxylation is 1. The molecule has 0 N–H and O–H groups in total. The number of ether oxygens (including phenoxy) is 1. The van der Waals surface area contributed by atoms with Crippen molar-refractivity contribution in [3.63, 3.8) is 0 Å². The van der Waals surface area contributed by atoms with E-state index in [1.165, 1.54) is 0 Å². The second kappa shape index (κ2) is 4.28. The van der Waals surface area contributed by atoms with Crippen molar-refractivity contribution < 1.29 is 9.53 Å². The zero-order valence-electron chi connectivity index (χ0n) is 7.63. The van der Waals surface area contributed by atoms with Crippen LogP contribution in [0.4, 0.5) is 0 Å². The van der Waals surface area contributed by atoms with Gasteiger partial charge in [-0.25, -0.2) is 0 Å². The van der Waals surface area contributed by atoms with Crippen molar-refractivity contribution in [3.05, 3.63) is 29.3 Å². The second-order valence-corrected chi connectivity index (χ2v) is 3.00. The lowest BCUT2D eigenvalue weighted by molar-refractivity contribution is 0.107. The number of halogens is 1. The maximum absolute atomic E-state index is 11.0. The van der Waals surface area contributed by atoms with Gasteiger partial charge in [0.2, 0.25) is 0 Å². The third-order valence-corrected chi connectivity index (χ3v) is 1.92. The molecule has 1 rings (SSSR count). The second-order valence-electron chi connectivity index (χ2n) is 2.66. The molecule has 2 nitrogen and oxygen atoms in total. The Morgan fingerprint density at radius 1 is 1.54 bits per heavy atom. The molecule has 0 spiro atoms. The van der Waals surface area contributed by atoms with Crippen molar-refractivity contribution in [1.29, 1.82) is 0 Å². The van der Waals surface area contributed by atoms with E-state index in [-0.39, 0.29) is 0 Å². The summed E-state index contributed by atoms with van der Waals surface area (Å²) in [7, 11) is 0. The van der Waals surface area contributed by atoms with Gasteiger partial charge >= 0.3 is 0 Å². The van der Waals surface area contributed by atoms with Gasteiger partial charge in [0.15, 0.2) is 0 Å². The van der Waals surface area contributed by atoms with Crippen molar-refractivity contribution in [3.8, 4) is 5.75 Å². The normalized spacial score (nSPS) is 9.77. The molecule has 1 aromatic rings. The third kappa shape index (κ3) is 2.22. The van der Waals surface area contributed by atoms with Crippen LogP contribution in [0.15, 0.2) is 18.2 Å². The van der Waals surface area contributed by atoms with Gasteiger partial charge in [0.1, 0.15) is 5.75 Å². The molecular formula is C10H11ClO2. The van der Waals surface area contributed by atoms with Gasteiger partial charge in [0.25, 0.3) is 5.24 Å². The van der Waals surface area contributed by atoms with E-state index in [0.717, 1.165) is 5.56 Å². The Bertz CT molecular complexity index is 321. The molecule has 0 amide bonds. The Hall–Kier alpha value is -1.02. The maximum atomic E-state index is 11.0. The molecule has 0 aliphatic carbocycles. The molecule has 0 aromatic heterocycles. The molecule has 0 saturated heterocycles. The summed E-state index contributed by atoms with van der Waals surface area (Å²) >= 11 is 5.40. The van der Waals surface area contributed by atoms with Gasteiger partial charge in [0, 0.05) is 0 Å². The Kier molecular flexibility index (Phi) is 3.32. The lowest BCUT2D eigenvalue weighted by Gasteiger charge is -2.09. The highest BCUT2D eigenvalue weighted by Gasteiger charge is 2.11. The Morgan fingerprint density at radius 2 is 2.23 bits per heavy atom. The molecule has 1 aromatic carbocycles. The molecular weight excluding hydrogens is 188 g/mol. The van der Waals surface area contributed by atoms with Crippen molar-refractivity contribution in [2.45, 2.75) is 13.8 Å². The summed E-state index contributed by atoms with van der Waals surface area (Å²) in [6, 6.07) is 5.33. The molecule has 3 heteroatoms. The minimum atomic E-state index is -0.479. The van der Waals surface area contributed by atoms with E-state index < -0.39 is 5.24 Å². The summed E-state index contributed by atoms with van der Waals surface area (Å²) in [5.41, 5.74) is 1.36. The molecule has 0 heterocycles. The molecule has 70 valence electrons. The van der Waals surface area contributed by atoms with Gasteiger partial charge in [-0.05, 0) is 37.1 Å². The highest BCUT2D eigenvalue weighted by Crippen LogP contribution is 2.24. The number of rotatable bonds is 3. The molecule has 0 bridgehead atoms. The van der Waals surface area contributed by atoms with Crippen LogP contribution in [-0.4, -0.2) is 11.8 Å². The highest BCUT2D eigenvalue weighted by atomic mass is 35.5. The summed E-state index contributed by atoms with van der Waals surface area (Å²) in [6.07, 6.45) is 0. The fourth-order valence-corrected chi connectivity index (χ4v) is 1.29. The monoisotopic (exact) mass is 198 g/mol. The first-order valence-electron chi connectivity index (χ1n) is 4.09. The Labute approximate surface area is 82.5 Å². The fraction of sp³-hybridized carbons (Fsp3) is 0.300. The third-order valence-electron chi connectivity index (χ3n) is 1.71. The van der Waals surface area contributed by atoms with Crippen LogP contribution in [0.3, 0.4) is 0 Å². The van der Waals surface area contributed by atoms with E-state index in [1.807, 2.05) is 19.9 Å². The van der Waals surface area contributed by atoms with Crippen molar-refractivity contribution in [2.24, 2.45) is 0 Å². The van der Waals surface area contributed by atoms with Crippen molar-refractivity contribution in [1.82, 2.24) is 0 Å². The van der Waals surface area contributed by atoms with Crippen LogP contribution >= 0.6 is 11.6 Å². The van der Waals surface area contributed by atoms with Crippen LogP contribution in [0.2, 0.25) is 0 Å². The molecule has 0 atom stereocenters. The number of carbonyl (C=O) groups excluding carboxylic acids is 1. The Balaban J connectivity index is 3.17. The average Bonchev–Trinajstić information content (AvgIpc) is 2.08. The lowest BCUT2D eigenvalue weighted by Crippen LogP contribution is -2.00. The molecule has 0 radical (unpaired) electrons. The molecule has 0 fully saturated rings. The topological polar surface area (TPSA) is 26.3 Å². The van der Waals surface area contributed by atoms with Gasteiger partial charge < -0.3 is 4.74 Å². The fourth-order valence-electron chi connectivity index (χ4n) is 1.14. The van der Waals surface area contributed by atoms with E-state index in [4.69, 9.17) is 16.3 Å². The number of para-hydroxylation sites is 1. The van der Waals surface area contributed by atoms with Crippen molar-refractivity contribution >= 4 is 16.8 Å². The first-order valence-corrected chi connectivity index (χ1v) is 4.46. The average molecular weight is 199 g/mol. The largest absolute Gasteiger partial charge is 0.493 e. The summed E-state index contributed by atoms with van der Waals surface area (Å²) in [5.74, 6) is 0.588. The molecule has 0 unspecified atom stereocenters. The number of benzene rings is 1. The van der Waals surface area contributed by atoms with Crippen LogP contribution in [-0.2, 0) is 0 Å². The first-order chi connectivity index (χ1) is 6.16. The van der Waals surface area contributed by atoms with E-state index in [2.05, 4.69) is 0 Å². The summed E-state index contributed by atoms with van der Waals surface area (Å²) in [6.45, 7) is 4.28. The highest BCUT2D eigenvalue weighted by molar-refractivity contribution is 6.68. The molecule has 0 aliphatic rings. The van der Waals surface area contributed by atoms with Gasteiger partial charge in [0.05, 0.1) is 12.2 Å².